The van der Waals surface area contributed by atoms with Crippen molar-refractivity contribution in [1.29, 1.82) is 0 Å². The first-order valence-corrected chi connectivity index (χ1v) is 7.44. The van der Waals surface area contributed by atoms with Gasteiger partial charge in [-0.15, -0.1) is 0 Å². The lowest BCUT2D eigenvalue weighted by Crippen LogP contribution is -2.48. The maximum absolute atomic E-state index is 12.1. The molecule has 0 bridgehead atoms. The normalized spacial score (nSPS) is 20.8. The van der Waals surface area contributed by atoms with Crippen LogP contribution in [0.25, 0.3) is 0 Å². The zero-order valence-electron chi connectivity index (χ0n) is 10.3. The Bertz CT molecular complexity index is 496. The summed E-state index contributed by atoms with van der Waals surface area (Å²) in [5.74, 6) is 0. The minimum Gasteiger partial charge on any atom is -0.378 e. The number of morpholine rings is 1. The number of ether oxygens (including phenoxy) is 1. The van der Waals surface area contributed by atoms with E-state index in [-0.39, 0.29) is 6.04 Å². The van der Waals surface area contributed by atoms with Gasteiger partial charge >= 0.3 is 0 Å². The van der Waals surface area contributed by atoms with Crippen LogP contribution in [0, 0.1) is 6.92 Å². The van der Waals surface area contributed by atoms with Gasteiger partial charge in [0.1, 0.15) is 0 Å². The second-order valence-corrected chi connectivity index (χ2v) is 6.08. The molecule has 0 aliphatic carbocycles. The highest BCUT2D eigenvalue weighted by Gasteiger charge is 2.19. The summed E-state index contributed by atoms with van der Waals surface area (Å²) in [6.45, 7) is 4.11. The molecule has 1 aliphatic rings. The van der Waals surface area contributed by atoms with Crippen LogP contribution in [0.4, 0.5) is 0 Å². The maximum atomic E-state index is 12.1. The zero-order chi connectivity index (χ0) is 13.0. The number of sulfonamides is 1. The Morgan fingerprint density at radius 2 is 2.22 bits per heavy atom. The van der Waals surface area contributed by atoms with Gasteiger partial charge in [0.15, 0.2) is 0 Å². The summed E-state index contributed by atoms with van der Waals surface area (Å²) in [6, 6.07) is 6.99. The molecule has 5 nitrogen and oxygen atoms in total. The second kappa shape index (κ2) is 5.79. The van der Waals surface area contributed by atoms with Gasteiger partial charge in [-0.3, -0.25) is 0 Å². The van der Waals surface area contributed by atoms with E-state index in [4.69, 9.17) is 4.74 Å². The largest absolute Gasteiger partial charge is 0.378 e. The predicted molar refractivity (Wildman–Crippen MR) is 69.0 cm³/mol. The summed E-state index contributed by atoms with van der Waals surface area (Å²) in [4.78, 5) is 0.335. The van der Waals surface area contributed by atoms with Crippen molar-refractivity contribution >= 4 is 10.0 Å². The van der Waals surface area contributed by atoms with Crippen LogP contribution in [0.3, 0.4) is 0 Å². The second-order valence-electron chi connectivity index (χ2n) is 4.34. The van der Waals surface area contributed by atoms with Gasteiger partial charge in [0.05, 0.1) is 18.1 Å². The Balaban J connectivity index is 2.01. The van der Waals surface area contributed by atoms with Gasteiger partial charge in [0.25, 0.3) is 0 Å². The molecular weight excluding hydrogens is 252 g/mol. The van der Waals surface area contributed by atoms with Crippen LogP contribution in [-0.2, 0) is 14.8 Å². The summed E-state index contributed by atoms with van der Waals surface area (Å²) in [7, 11) is -3.44. The molecule has 1 saturated heterocycles. The van der Waals surface area contributed by atoms with Gasteiger partial charge in [0.2, 0.25) is 10.0 Å². The first-order chi connectivity index (χ1) is 8.59. The molecule has 6 heteroatoms. The van der Waals surface area contributed by atoms with Crippen LogP contribution < -0.4 is 10.0 Å². The third-order valence-electron chi connectivity index (χ3n) is 2.90. The van der Waals surface area contributed by atoms with E-state index < -0.39 is 10.0 Å². The highest BCUT2D eigenvalue weighted by Crippen LogP contribution is 2.13. The molecule has 1 fully saturated rings. The molecule has 0 aromatic heterocycles. The molecule has 0 saturated carbocycles. The van der Waals surface area contributed by atoms with E-state index in [1.54, 1.807) is 25.1 Å². The van der Waals surface area contributed by atoms with Crippen molar-refractivity contribution in [2.75, 3.05) is 26.3 Å². The molecule has 1 aromatic carbocycles. The van der Waals surface area contributed by atoms with Crippen molar-refractivity contribution in [2.45, 2.75) is 17.9 Å². The number of hydrogen-bond donors (Lipinski definition) is 2. The zero-order valence-corrected chi connectivity index (χ0v) is 11.2. The Kier molecular flexibility index (Phi) is 4.34. The fourth-order valence-electron chi connectivity index (χ4n) is 1.90. The van der Waals surface area contributed by atoms with Gasteiger partial charge in [0, 0.05) is 19.1 Å². The molecule has 0 spiro atoms. The fourth-order valence-corrected chi connectivity index (χ4v) is 3.22. The van der Waals surface area contributed by atoms with Crippen molar-refractivity contribution in [3.8, 4) is 0 Å². The molecule has 2 rings (SSSR count). The SMILES string of the molecule is Cc1ccccc1S(=O)(=O)NCC1COCCN1. The van der Waals surface area contributed by atoms with Crippen molar-refractivity contribution in [3.63, 3.8) is 0 Å². The van der Waals surface area contributed by atoms with Crippen LogP contribution in [-0.4, -0.2) is 40.8 Å². The van der Waals surface area contributed by atoms with E-state index in [1.165, 1.54) is 0 Å². The highest BCUT2D eigenvalue weighted by molar-refractivity contribution is 7.89. The number of nitrogens with one attached hydrogen (secondary N) is 2. The smallest absolute Gasteiger partial charge is 0.240 e. The first kappa shape index (κ1) is 13.5. The third kappa shape index (κ3) is 3.29. The van der Waals surface area contributed by atoms with Crippen LogP contribution >= 0.6 is 0 Å². The summed E-state index contributed by atoms with van der Waals surface area (Å²) in [5, 5.41) is 3.21. The summed E-state index contributed by atoms with van der Waals surface area (Å²) in [5.41, 5.74) is 0.748. The van der Waals surface area contributed by atoms with E-state index >= 15 is 0 Å². The first-order valence-electron chi connectivity index (χ1n) is 5.96. The molecule has 0 radical (unpaired) electrons. The van der Waals surface area contributed by atoms with E-state index in [0.29, 0.717) is 24.7 Å². The Hall–Kier alpha value is -0.950. The van der Waals surface area contributed by atoms with E-state index in [1.807, 2.05) is 6.07 Å². The van der Waals surface area contributed by atoms with Gasteiger partial charge in [-0.05, 0) is 18.6 Å². The molecule has 100 valence electrons. The van der Waals surface area contributed by atoms with Crippen LogP contribution in [0.5, 0.6) is 0 Å². The van der Waals surface area contributed by atoms with Gasteiger partial charge in [-0.25, -0.2) is 13.1 Å². The van der Waals surface area contributed by atoms with Crippen LogP contribution in [0.1, 0.15) is 5.56 Å². The molecule has 1 aliphatic heterocycles. The lowest BCUT2D eigenvalue weighted by molar-refractivity contribution is 0.0784. The Morgan fingerprint density at radius 3 is 2.89 bits per heavy atom. The summed E-state index contributed by atoms with van der Waals surface area (Å²) in [6.07, 6.45) is 0. The average Bonchev–Trinajstić information content (AvgIpc) is 2.38. The topological polar surface area (TPSA) is 67.4 Å². The van der Waals surface area contributed by atoms with Crippen molar-refractivity contribution in [3.05, 3.63) is 29.8 Å². The van der Waals surface area contributed by atoms with Crippen molar-refractivity contribution < 1.29 is 13.2 Å². The Labute approximate surface area is 108 Å². The molecule has 1 atom stereocenters. The molecule has 1 aromatic rings. The minimum absolute atomic E-state index is 0.0394. The van der Waals surface area contributed by atoms with E-state index in [2.05, 4.69) is 10.0 Å². The molecular formula is C12H18N2O3S. The third-order valence-corrected chi connectivity index (χ3v) is 4.49. The Morgan fingerprint density at radius 1 is 1.44 bits per heavy atom. The lowest BCUT2D eigenvalue weighted by Gasteiger charge is -2.24. The number of hydrogen-bond acceptors (Lipinski definition) is 4. The number of benzene rings is 1. The quantitative estimate of drug-likeness (QED) is 0.823. The monoisotopic (exact) mass is 270 g/mol. The standard InChI is InChI=1S/C12H18N2O3S/c1-10-4-2-3-5-12(10)18(15,16)14-8-11-9-17-7-6-13-11/h2-5,11,13-14H,6-9H2,1H3. The van der Waals surface area contributed by atoms with Gasteiger partial charge < -0.3 is 10.1 Å². The highest BCUT2D eigenvalue weighted by atomic mass is 32.2. The van der Waals surface area contributed by atoms with Crippen LogP contribution in [0.2, 0.25) is 0 Å². The summed E-state index contributed by atoms with van der Waals surface area (Å²) < 4.78 is 32.1. The lowest BCUT2D eigenvalue weighted by atomic mass is 10.2. The van der Waals surface area contributed by atoms with Crippen LogP contribution in [0.15, 0.2) is 29.2 Å². The van der Waals surface area contributed by atoms with Gasteiger partial charge in [-0.2, -0.15) is 0 Å². The molecule has 1 unspecified atom stereocenters. The molecule has 1 heterocycles. The van der Waals surface area contributed by atoms with E-state index in [0.717, 1.165) is 12.1 Å². The number of rotatable bonds is 4. The number of aryl methyl sites for hydroxylation is 1. The predicted octanol–water partition coefficient (Wildman–Crippen LogP) is 0.262. The van der Waals surface area contributed by atoms with Gasteiger partial charge in [-0.1, -0.05) is 18.2 Å². The van der Waals surface area contributed by atoms with Crippen molar-refractivity contribution in [1.82, 2.24) is 10.0 Å². The van der Waals surface area contributed by atoms with Crippen molar-refractivity contribution in [2.24, 2.45) is 0 Å². The molecule has 0 amide bonds. The average molecular weight is 270 g/mol. The maximum Gasteiger partial charge on any atom is 0.240 e. The van der Waals surface area contributed by atoms with E-state index in [9.17, 15) is 8.42 Å². The molecule has 2 N–H and O–H groups in total. The fraction of sp³-hybridized carbons (Fsp3) is 0.500. The summed E-state index contributed by atoms with van der Waals surface area (Å²) >= 11 is 0. The molecule has 18 heavy (non-hydrogen) atoms. The minimum atomic E-state index is -3.44.